The Labute approximate surface area is 185 Å². The molecule has 0 bridgehead atoms. The van der Waals surface area contributed by atoms with Gasteiger partial charge in [-0.15, -0.1) is 0 Å². The number of esters is 1. The van der Waals surface area contributed by atoms with Gasteiger partial charge in [0.1, 0.15) is 5.82 Å². The van der Waals surface area contributed by atoms with E-state index in [1.54, 1.807) is 20.7 Å². The maximum Gasteiger partial charge on any atom is 0.337 e. The second kappa shape index (κ2) is 8.96. The summed E-state index contributed by atoms with van der Waals surface area (Å²) < 4.78 is 21.3. The normalized spacial score (nSPS) is 14.6. The molecule has 9 heteroatoms. The maximum absolute atomic E-state index is 14.9. The SMILES string of the molecule is COC(=O)c1ccc(CN(C(=O)N2CCN(C)CC2)c2cccc3c2cnn3C)c(F)c1. The van der Waals surface area contributed by atoms with E-state index in [-0.39, 0.29) is 18.1 Å². The molecular weight excluding hydrogens is 413 g/mol. The Morgan fingerprint density at radius 3 is 2.56 bits per heavy atom. The van der Waals surface area contributed by atoms with Gasteiger partial charge in [0.15, 0.2) is 0 Å². The minimum atomic E-state index is -0.610. The summed E-state index contributed by atoms with van der Waals surface area (Å²) in [5, 5.41) is 5.13. The first-order valence-corrected chi connectivity index (χ1v) is 10.4. The summed E-state index contributed by atoms with van der Waals surface area (Å²) in [4.78, 5) is 30.9. The van der Waals surface area contributed by atoms with Crippen molar-refractivity contribution in [1.82, 2.24) is 19.6 Å². The molecular formula is C23H26FN5O3. The zero-order chi connectivity index (χ0) is 22.8. The van der Waals surface area contributed by atoms with Gasteiger partial charge in [0.2, 0.25) is 0 Å². The molecule has 1 fully saturated rings. The first kappa shape index (κ1) is 21.8. The van der Waals surface area contributed by atoms with Gasteiger partial charge in [0.05, 0.1) is 36.6 Å². The third-order valence-corrected chi connectivity index (χ3v) is 5.87. The zero-order valence-corrected chi connectivity index (χ0v) is 18.4. The number of likely N-dealkylation sites (N-methyl/N-ethyl adjacent to an activating group) is 1. The molecule has 1 aliphatic heterocycles. The van der Waals surface area contributed by atoms with Crippen LogP contribution < -0.4 is 4.90 Å². The van der Waals surface area contributed by atoms with E-state index in [2.05, 4.69) is 14.7 Å². The zero-order valence-electron chi connectivity index (χ0n) is 18.4. The fourth-order valence-electron chi connectivity index (χ4n) is 3.91. The van der Waals surface area contributed by atoms with E-state index in [4.69, 9.17) is 0 Å². The first-order valence-electron chi connectivity index (χ1n) is 10.4. The van der Waals surface area contributed by atoms with Crippen LogP contribution in [0.3, 0.4) is 0 Å². The van der Waals surface area contributed by atoms with Gasteiger partial charge in [-0.05, 0) is 31.3 Å². The van der Waals surface area contributed by atoms with Gasteiger partial charge in [-0.25, -0.2) is 14.0 Å². The van der Waals surface area contributed by atoms with Crippen molar-refractivity contribution >= 4 is 28.6 Å². The molecule has 0 N–H and O–H groups in total. The summed E-state index contributed by atoms with van der Waals surface area (Å²) in [7, 11) is 5.11. The van der Waals surface area contributed by atoms with Gasteiger partial charge in [-0.2, -0.15) is 5.10 Å². The Hall–Kier alpha value is -3.46. The van der Waals surface area contributed by atoms with Crippen LogP contribution in [-0.2, 0) is 18.3 Å². The summed E-state index contributed by atoms with van der Waals surface area (Å²) in [5.74, 6) is -1.18. The molecule has 2 aromatic carbocycles. The summed E-state index contributed by atoms with van der Waals surface area (Å²) in [5.41, 5.74) is 1.97. The lowest BCUT2D eigenvalue weighted by Crippen LogP contribution is -2.52. The summed E-state index contributed by atoms with van der Waals surface area (Å²) >= 11 is 0. The predicted molar refractivity (Wildman–Crippen MR) is 119 cm³/mol. The highest BCUT2D eigenvalue weighted by Gasteiger charge is 2.28. The third kappa shape index (κ3) is 4.16. The molecule has 2 amide bonds. The average Bonchev–Trinajstić information content (AvgIpc) is 3.19. The molecule has 0 atom stereocenters. The van der Waals surface area contributed by atoms with E-state index in [0.717, 1.165) is 30.1 Å². The van der Waals surface area contributed by atoms with Crippen molar-refractivity contribution in [3.05, 3.63) is 59.5 Å². The molecule has 1 saturated heterocycles. The number of nitrogens with zero attached hydrogens (tertiary/aromatic N) is 5. The van der Waals surface area contributed by atoms with E-state index < -0.39 is 11.8 Å². The highest BCUT2D eigenvalue weighted by atomic mass is 19.1. The number of anilines is 1. The van der Waals surface area contributed by atoms with E-state index >= 15 is 0 Å². The summed E-state index contributed by atoms with van der Waals surface area (Å²) in [6, 6.07) is 9.62. The first-order chi connectivity index (χ1) is 15.4. The highest BCUT2D eigenvalue weighted by molar-refractivity contribution is 6.02. The van der Waals surface area contributed by atoms with Crippen LogP contribution in [0.25, 0.3) is 10.9 Å². The van der Waals surface area contributed by atoms with Gasteiger partial charge in [-0.1, -0.05) is 12.1 Å². The Kier molecular flexibility index (Phi) is 6.09. The third-order valence-electron chi connectivity index (χ3n) is 5.87. The van der Waals surface area contributed by atoms with E-state index in [1.807, 2.05) is 32.3 Å². The van der Waals surface area contributed by atoms with Crippen LogP contribution in [-0.4, -0.2) is 71.9 Å². The quantitative estimate of drug-likeness (QED) is 0.585. The molecule has 0 aliphatic carbocycles. The van der Waals surface area contributed by atoms with Crippen molar-refractivity contribution in [2.24, 2.45) is 7.05 Å². The summed E-state index contributed by atoms with van der Waals surface area (Å²) in [6.07, 6.45) is 1.71. The van der Waals surface area contributed by atoms with Gasteiger partial charge in [-0.3, -0.25) is 9.58 Å². The smallest absolute Gasteiger partial charge is 0.337 e. The Bertz CT molecular complexity index is 1150. The number of ether oxygens (including phenoxy) is 1. The number of carbonyl (C=O) groups is 2. The van der Waals surface area contributed by atoms with E-state index in [1.165, 1.54) is 19.2 Å². The Morgan fingerprint density at radius 2 is 1.88 bits per heavy atom. The highest BCUT2D eigenvalue weighted by Crippen LogP contribution is 2.29. The number of hydrogen-bond acceptors (Lipinski definition) is 5. The lowest BCUT2D eigenvalue weighted by Gasteiger charge is -2.36. The number of fused-ring (bicyclic) bond motifs is 1. The average molecular weight is 439 g/mol. The van der Waals surface area contributed by atoms with Crippen LogP contribution in [0.4, 0.5) is 14.9 Å². The maximum atomic E-state index is 14.9. The monoisotopic (exact) mass is 439 g/mol. The van der Waals surface area contributed by atoms with E-state index in [0.29, 0.717) is 24.3 Å². The van der Waals surface area contributed by atoms with Crippen LogP contribution in [0.15, 0.2) is 42.6 Å². The van der Waals surface area contributed by atoms with Gasteiger partial charge in [0, 0.05) is 44.2 Å². The van der Waals surface area contributed by atoms with Crippen LogP contribution >= 0.6 is 0 Å². The molecule has 1 aliphatic rings. The lowest BCUT2D eigenvalue weighted by molar-refractivity contribution is 0.0600. The number of rotatable bonds is 4. The molecule has 8 nitrogen and oxygen atoms in total. The second-order valence-corrected chi connectivity index (χ2v) is 7.93. The molecule has 0 unspecified atom stereocenters. The minimum absolute atomic E-state index is 0.0203. The Balaban J connectivity index is 1.72. The van der Waals surface area contributed by atoms with Gasteiger partial charge < -0.3 is 14.5 Å². The largest absolute Gasteiger partial charge is 0.465 e. The molecule has 0 spiro atoms. The molecule has 0 radical (unpaired) electrons. The molecule has 32 heavy (non-hydrogen) atoms. The number of hydrogen-bond donors (Lipinski definition) is 0. The molecule has 168 valence electrons. The van der Waals surface area contributed by atoms with Gasteiger partial charge in [0.25, 0.3) is 0 Å². The number of methoxy groups -OCH3 is 1. The number of halogens is 1. The van der Waals surface area contributed by atoms with Crippen molar-refractivity contribution in [2.75, 3.05) is 45.2 Å². The number of aromatic nitrogens is 2. The number of piperazine rings is 1. The molecule has 4 rings (SSSR count). The predicted octanol–water partition coefficient (Wildman–Crippen LogP) is 2.87. The lowest BCUT2D eigenvalue weighted by atomic mass is 10.1. The van der Waals surface area contributed by atoms with Crippen LogP contribution in [0.5, 0.6) is 0 Å². The minimum Gasteiger partial charge on any atom is -0.465 e. The van der Waals surface area contributed by atoms with Crippen LogP contribution in [0.2, 0.25) is 0 Å². The standard InChI is InChI=1S/C23H26FN5O3/c1-26-9-11-28(12-10-26)23(31)29(21-6-4-5-20-18(21)14-25-27(20)2)15-17-8-7-16(13-19(17)24)22(30)32-3/h4-8,13-14H,9-12,15H2,1-3H3. The molecule has 1 aromatic heterocycles. The molecule has 2 heterocycles. The number of benzene rings is 2. The summed E-state index contributed by atoms with van der Waals surface area (Å²) in [6.45, 7) is 2.77. The molecule has 0 saturated carbocycles. The van der Waals surface area contributed by atoms with Crippen molar-refractivity contribution in [3.63, 3.8) is 0 Å². The Morgan fingerprint density at radius 1 is 1.12 bits per heavy atom. The van der Waals surface area contributed by atoms with Crippen LogP contribution in [0.1, 0.15) is 15.9 Å². The fraction of sp³-hybridized carbons (Fsp3) is 0.348. The van der Waals surface area contributed by atoms with Crippen molar-refractivity contribution in [3.8, 4) is 0 Å². The topological polar surface area (TPSA) is 70.9 Å². The number of aryl methyl sites for hydroxylation is 1. The van der Waals surface area contributed by atoms with Gasteiger partial charge >= 0.3 is 12.0 Å². The fourth-order valence-corrected chi connectivity index (χ4v) is 3.91. The number of amides is 2. The number of carbonyl (C=O) groups excluding carboxylic acids is 2. The number of urea groups is 1. The van der Waals surface area contributed by atoms with E-state index in [9.17, 15) is 14.0 Å². The van der Waals surface area contributed by atoms with Crippen molar-refractivity contribution < 1.29 is 18.7 Å². The van der Waals surface area contributed by atoms with Crippen molar-refractivity contribution in [2.45, 2.75) is 6.54 Å². The second-order valence-electron chi connectivity index (χ2n) is 7.93. The molecule has 3 aromatic rings. The van der Waals surface area contributed by atoms with Crippen molar-refractivity contribution in [1.29, 1.82) is 0 Å². The van der Waals surface area contributed by atoms with Crippen LogP contribution in [0, 0.1) is 5.82 Å².